The number of benzene rings is 2. The van der Waals surface area contributed by atoms with Crippen molar-refractivity contribution in [2.75, 3.05) is 13.2 Å². The summed E-state index contributed by atoms with van der Waals surface area (Å²) in [6.07, 6.45) is 6.15. The molecule has 144 valence electrons. The van der Waals surface area contributed by atoms with Crippen molar-refractivity contribution in [3.63, 3.8) is 0 Å². The van der Waals surface area contributed by atoms with Crippen LogP contribution in [0.4, 0.5) is 0 Å². The Kier molecular flexibility index (Phi) is 6.82. The van der Waals surface area contributed by atoms with Gasteiger partial charge < -0.3 is 15.7 Å². The second-order valence-corrected chi connectivity index (χ2v) is 7.37. The van der Waals surface area contributed by atoms with Crippen molar-refractivity contribution in [1.82, 2.24) is 10.6 Å². The number of aliphatic hydroxyl groups is 1. The topological polar surface area (TPSA) is 78.4 Å². The van der Waals surface area contributed by atoms with Gasteiger partial charge in [-0.15, -0.1) is 0 Å². The summed E-state index contributed by atoms with van der Waals surface area (Å²) in [4.78, 5) is 24.8. The van der Waals surface area contributed by atoms with Gasteiger partial charge in [0.15, 0.2) is 0 Å². The average molecular weight is 368 g/mol. The molecule has 2 aromatic carbocycles. The normalized spacial score (nSPS) is 16.0. The Bertz CT molecular complexity index is 779. The first kappa shape index (κ1) is 19.4. The van der Waals surface area contributed by atoms with Crippen molar-refractivity contribution < 1.29 is 14.7 Å². The van der Waals surface area contributed by atoms with Crippen molar-refractivity contribution >= 4 is 22.6 Å². The highest BCUT2D eigenvalue weighted by Gasteiger charge is 2.22. The lowest BCUT2D eigenvalue weighted by Gasteiger charge is -2.23. The van der Waals surface area contributed by atoms with Gasteiger partial charge in [0.1, 0.15) is 6.04 Å². The quantitative estimate of drug-likeness (QED) is 0.703. The van der Waals surface area contributed by atoms with E-state index in [0.717, 1.165) is 29.2 Å². The van der Waals surface area contributed by atoms with E-state index in [1.807, 2.05) is 42.5 Å². The Morgan fingerprint density at radius 1 is 1.04 bits per heavy atom. The summed E-state index contributed by atoms with van der Waals surface area (Å²) in [6.45, 7) is 0.215. The highest BCUT2D eigenvalue weighted by Crippen LogP contribution is 2.22. The van der Waals surface area contributed by atoms with Gasteiger partial charge in [-0.2, -0.15) is 0 Å². The molecule has 3 rings (SSSR count). The minimum absolute atomic E-state index is 0.174. The van der Waals surface area contributed by atoms with Crippen LogP contribution in [0.3, 0.4) is 0 Å². The molecular formula is C22H28N2O3. The number of fused-ring (bicyclic) bond motifs is 1. The third-order valence-electron chi connectivity index (χ3n) is 5.35. The molecule has 1 unspecified atom stereocenters. The van der Waals surface area contributed by atoms with E-state index in [2.05, 4.69) is 10.6 Å². The largest absolute Gasteiger partial charge is 0.394 e. The molecule has 5 heteroatoms. The van der Waals surface area contributed by atoms with E-state index in [0.29, 0.717) is 12.5 Å². The first-order valence-electron chi connectivity index (χ1n) is 9.82. The van der Waals surface area contributed by atoms with Gasteiger partial charge >= 0.3 is 0 Å². The van der Waals surface area contributed by atoms with Crippen LogP contribution in [0.15, 0.2) is 42.5 Å². The fourth-order valence-corrected chi connectivity index (χ4v) is 3.82. The molecule has 0 saturated heterocycles. The number of hydrogen-bond acceptors (Lipinski definition) is 3. The van der Waals surface area contributed by atoms with E-state index in [-0.39, 0.29) is 18.2 Å². The maximum atomic E-state index is 12.4. The second-order valence-electron chi connectivity index (χ2n) is 7.37. The van der Waals surface area contributed by atoms with Gasteiger partial charge in [-0.3, -0.25) is 9.59 Å². The number of nitrogens with one attached hydrogen (secondary N) is 2. The number of carbonyl (C=O) groups is 2. The SMILES string of the molecule is O=C(Cc1cccc2ccccc12)NC(CO)C(=O)NCC1CCCCC1. The molecule has 5 nitrogen and oxygen atoms in total. The van der Waals surface area contributed by atoms with E-state index in [1.54, 1.807) is 0 Å². The van der Waals surface area contributed by atoms with Crippen LogP contribution in [0.2, 0.25) is 0 Å². The number of amides is 2. The van der Waals surface area contributed by atoms with Gasteiger partial charge in [0, 0.05) is 6.54 Å². The molecule has 0 radical (unpaired) electrons. The van der Waals surface area contributed by atoms with E-state index < -0.39 is 12.6 Å². The third kappa shape index (κ3) is 5.30. The lowest BCUT2D eigenvalue weighted by atomic mass is 9.89. The average Bonchev–Trinajstić information content (AvgIpc) is 2.71. The molecule has 0 bridgehead atoms. The zero-order valence-electron chi connectivity index (χ0n) is 15.6. The number of hydrogen-bond donors (Lipinski definition) is 3. The molecule has 1 atom stereocenters. The monoisotopic (exact) mass is 368 g/mol. The summed E-state index contributed by atoms with van der Waals surface area (Å²) in [5.41, 5.74) is 0.907. The van der Waals surface area contributed by atoms with Crippen LogP contribution in [0, 0.1) is 5.92 Å². The summed E-state index contributed by atoms with van der Waals surface area (Å²) in [5.74, 6) is -0.0685. The lowest BCUT2D eigenvalue weighted by Crippen LogP contribution is -2.50. The summed E-state index contributed by atoms with van der Waals surface area (Å²) < 4.78 is 0. The predicted octanol–water partition coefficient (Wildman–Crippen LogP) is 2.56. The standard InChI is InChI=1S/C22H28N2O3/c25-15-20(22(27)23-14-16-7-2-1-3-8-16)24-21(26)13-18-11-6-10-17-9-4-5-12-19(17)18/h4-6,9-12,16,20,25H,1-3,7-8,13-15H2,(H,23,27)(H,24,26). The van der Waals surface area contributed by atoms with Crippen LogP contribution in [-0.2, 0) is 16.0 Å². The molecule has 27 heavy (non-hydrogen) atoms. The van der Waals surface area contributed by atoms with Crippen molar-refractivity contribution in [3.8, 4) is 0 Å². The van der Waals surface area contributed by atoms with Gasteiger partial charge in [-0.1, -0.05) is 61.7 Å². The summed E-state index contributed by atoms with van der Waals surface area (Å²) in [7, 11) is 0. The molecule has 3 N–H and O–H groups in total. The molecule has 0 aromatic heterocycles. The highest BCUT2D eigenvalue weighted by atomic mass is 16.3. The molecule has 1 fully saturated rings. The van der Waals surface area contributed by atoms with E-state index >= 15 is 0 Å². The highest BCUT2D eigenvalue weighted by molar-refractivity contribution is 5.92. The number of aliphatic hydroxyl groups excluding tert-OH is 1. The van der Waals surface area contributed by atoms with Crippen molar-refractivity contribution in [3.05, 3.63) is 48.0 Å². The fourth-order valence-electron chi connectivity index (χ4n) is 3.82. The van der Waals surface area contributed by atoms with E-state index in [9.17, 15) is 14.7 Å². The molecule has 1 aliphatic rings. The van der Waals surface area contributed by atoms with Crippen LogP contribution < -0.4 is 10.6 Å². The molecule has 2 amide bonds. The van der Waals surface area contributed by atoms with Crippen LogP contribution in [0.1, 0.15) is 37.7 Å². The van der Waals surface area contributed by atoms with E-state index in [4.69, 9.17) is 0 Å². The molecule has 1 aliphatic carbocycles. The van der Waals surface area contributed by atoms with Crippen molar-refractivity contribution in [2.45, 2.75) is 44.6 Å². The lowest BCUT2D eigenvalue weighted by molar-refractivity contribution is -0.129. The molecule has 0 aliphatic heterocycles. The van der Waals surface area contributed by atoms with Crippen molar-refractivity contribution in [2.24, 2.45) is 5.92 Å². The minimum Gasteiger partial charge on any atom is -0.394 e. The zero-order valence-corrected chi connectivity index (χ0v) is 15.6. The second kappa shape index (κ2) is 9.51. The summed E-state index contributed by atoms with van der Waals surface area (Å²) in [6, 6.07) is 12.8. The summed E-state index contributed by atoms with van der Waals surface area (Å²) >= 11 is 0. The van der Waals surface area contributed by atoms with Gasteiger partial charge in [0.25, 0.3) is 0 Å². The Balaban J connectivity index is 1.55. The molecule has 0 heterocycles. The molecule has 0 spiro atoms. The predicted molar refractivity (Wildman–Crippen MR) is 106 cm³/mol. The summed E-state index contributed by atoms with van der Waals surface area (Å²) in [5, 5.41) is 17.2. The van der Waals surface area contributed by atoms with Crippen LogP contribution in [-0.4, -0.2) is 36.1 Å². The number of rotatable bonds is 7. The van der Waals surface area contributed by atoms with Gasteiger partial charge in [-0.05, 0) is 35.1 Å². The number of carbonyl (C=O) groups excluding carboxylic acids is 2. The van der Waals surface area contributed by atoms with E-state index in [1.165, 1.54) is 19.3 Å². The first-order chi connectivity index (χ1) is 13.2. The molecular weight excluding hydrogens is 340 g/mol. The molecule has 2 aromatic rings. The van der Waals surface area contributed by atoms with Gasteiger partial charge in [-0.25, -0.2) is 0 Å². The van der Waals surface area contributed by atoms with Crippen LogP contribution in [0.5, 0.6) is 0 Å². The fraction of sp³-hybridized carbons (Fsp3) is 0.455. The Morgan fingerprint density at radius 2 is 1.78 bits per heavy atom. The zero-order chi connectivity index (χ0) is 19.1. The van der Waals surface area contributed by atoms with Crippen LogP contribution >= 0.6 is 0 Å². The Morgan fingerprint density at radius 3 is 2.56 bits per heavy atom. The Labute approximate surface area is 160 Å². The molecule has 1 saturated carbocycles. The van der Waals surface area contributed by atoms with Gasteiger partial charge in [0.2, 0.25) is 11.8 Å². The van der Waals surface area contributed by atoms with Gasteiger partial charge in [0.05, 0.1) is 13.0 Å². The third-order valence-corrected chi connectivity index (χ3v) is 5.35. The maximum Gasteiger partial charge on any atom is 0.244 e. The first-order valence-corrected chi connectivity index (χ1v) is 9.82. The van der Waals surface area contributed by atoms with Crippen molar-refractivity contribution in [1.29, 1.82) is 0 Å². The minimum atomic E-state index is -0.906. The maximum absolute atomic E-state index is 12.4. The Hall–Kier alpha value is -2.40. The van der Waals surface area contributed by atoms with Crippen LogP contribution in [0.25, 0.3) is 10.8 Å². The smallest absolute Gasteiger partial charge is 0.244 e.